The molecule has 0 radical (unpaired) electrons. The minimum atomic E-state index is -0.371. The highest BCUT2D eigenvalue weighted by molar-refractivity contribution is 7.14. The lowest BCUT2D eigenvalue weighted by molar-refractivity contribution is -0.128. The third kappa shape index (κ3) is 4.26. The zero-order valence-electron chi connectivity index (χ0n) is 14.6. The lowest BCUT2D eigenvalue weighted by Crippen LogP contribution is -2.23. The van der Waals surface area contributed by atoms with Crippen molar-refractivity contribution in [3.63, 3.8) is 0 Å². The minimum absolute atomic E-state index is 0.156. The number of carbonyl (C=O) groups excluding carboxylic acids is 2. The van der Waals surface area contributed by atoms with Gasteiger partial charge in [-0.1, -0.05) is 12.1 Å². The van der Waals surface area contributed by atoms with Crippen LogP contribution in [-0.4, -0.2) is 28.3 Å². The molecule has 1 saturated heterocycles. The van der Waals surface area contributed by atoms with Crippen LogP contribution in [0.3, 0.4) is 0 Å². The second-order valence-corrected chi connectivity index (χ2v) is 7.99. The average molecular weight is 399 g/mol. The van der Waals surface area contributed by atoms with Crippen LogP contribution in [0.2, 0.25) is 0 Å². The molecule has 138 valence electrons. The zero-order chi connectivity index (χ0) is 18.6. The van der Waals surface area contributed by atoms with Gasteiger partial charge in [0.1, 0.15) is 11.6 Å². The lowest BCUT2D eigenvalue weighted by atomic mass is 10.1. The van der Waals surface area contributed by atoms with Crippen molar-refractivity contribution >= 4 is 34.6 Å². The maximum atomic E-state index is 12.3. The van der Waals surface area contributed by atoms with Gasteiger partial charge in [0.25, 0.3) is 0 Å². The van der Waals surface area contributed by atoms with Crippen molar-refractivity contribution in [2.45, 2.75) is 26.0 Å². The van der Waals surface area contributed by atoms with Gasteiger partial charge in [0.05, 0.1) is 11.3 Å². The summed E-state index contributed by atoms with van der Waals surface area (Å²) >= 11 is 3.17. The van der Waals surface area contributed by atoms with Crippen LogP contribution in [0.5, 0.6) is 0 Å². The Labute approximate surface area is 165 Å². The molecule has 5 nitrogen and oxygen atoms in total. The van der Waals surface area contributed by atoms with Gasteiger partial charge in [0, 0.05) is 35.8 Å². The summed E-state index contributed by atoms with van der Waals surface area (Å²) < 4.78 is 5.38. The van der Waals surface area contributed by atoms with Crippen molar-refractivity contribution in [3.05, 3.63) is 63.3 Å². The van der Waals surface area contributed by atoms with Crippen molar-refractivity contribution in [3.8, 4) is 10.6 Å². The molecule has 1 amide bonds. The largest absolute Gasteiger partial charge is 0.456 e. The molecule has 1 aliphatic rings. The molecule has 3 aromatic rings. The van der Waals surface area contributed by atoms with E-state index in [1.807, 2.05) is 39.2 Å². The first kappa shape index (κ1) is 17.9. The number of rotatable bonds is 6. The van der Waals surface area contributed by atoms with Crippen LogP contribution in [0, 0.1) is 0 Å². The Morgan fingerprint density at radius 1 is 1.19 bits per heavy atom. The number of esters is 1. The molecule has 4 rings (SSSR count). The Balaban J connectivity index is 1.32. The topological polar surface area (TPSA) is 59.5 Å². The third-order valence-electron chi connectivity index (χ3n) is 4.41. The first-order chi connectivity index (χ1) is 13.2. The Morgan fingerprint density at radius 2 is 2.04 bits per heavy atom. The molecule has 0 saturated carbocycles. The molecule has 0 aliphatic carbocycles. The highest BCUT2D eigenvalue weighted by atomic mass is 32.1. The predicted octanol–water partition coefficient (Wildman–Crippen LogP) is 4.35. The Morgan fingerprint density at radius 3 is 2.74 bits per heavy atom. The lowest BCUT2D eigenvalue weighted by Gasteiger charge is -2.15. The van der Waals surface area contributed by atoms with Crippen LogP contribution in [0.15, 0.2) is 46.5 Å². The molecule has 0 atom stereocenters. The van der Waals surface area contributed by atoms with Crippen molar-refractivity contribution in [1.29, 1.82) is 0 Å². The normalized spacial score (nSPS) is 13.9. The number of hydrogen-bond donors (Lipinski definition) is 0. The second kappa shape index (κ2) is 8.02. The molecule has 0 unspecified atom stereocenters. The molecule has 0 bridgehead atoms. The van der Waals surface area contributed by atoms with Crippen LogP contribution in [0.25, 0.3) is 10.6 Å². The van der Waals surface area contributed by atoms with Crippen LogP contribution < -0.4 is 0 Å². The molecule has 2 aromatic heterocycles. The number of ether oxygens (including phenoxy) is 1. The van der Waals surface area contributed by atoms with Gasteiger partial charge in [-0.15, -0.1) is 11.3 Å². The quantitative estimate of drug-likeness (QED) is 0.579. The van der Waals surface area contributed by atoms with E-state index in [2.05, 4.69) is 4.98 Å². The highest BCUT2D eigenvalue weighted by Gasteiger charge is 2.20. The van der Waals surface area contributed by atoms with Crippen molar-refractivity contribution in [2.24, 2.45) is 0 Å². The Hall–Kier alpha value is -2.51. The van der Waals surface area contributed by atoms with E-state index in [9.17, 15) is 9.59 Å². The molecule has 0 spiro atoms. The van der Waals surface area contributed by atoms with Crippen LogP contribution in [0.1, 0.15) is 34.5 Å². The fourth-order valence-corrected chi connectivity index (χ4v) is 4.47. The van der Waals surface area contributed by atoms with Gasteiger partial charge in [-0.2, -0.15) is 11.3 Å². The van der Waals surface area contributed by atoms with Gasteiger partial charge in [-0.25, -0.2) is 9.78 Å². The number of amides is 1. The number of nitrogens with zero attached hydrogens (tertiary/aromatic N) is 2. The average Bonchev–Trinajstić information content (AvgIpc) is 3.43. The van der Waals surface area contributed by atoms with Gasteiger partial charge in [-0.05, 0) is 35.6 Å². The molecular weight excluding hydrogens is 380 g/mol. The van der Waals surface area contributed by atoms with E-state index in [4.69, 9.17) is 4.74 Å². The molecule has 1 aromatic carbocycles. The van der Waals surface area contributed by atoms with Crippen molar-refractivity contribution in [2.75, 3.05) is 6.54 Å². The van der Waals surface area contributed by atoms with E-state index < -0.39 is 0 Å². The summed E-state index contributed by atoms with van der Waals surface area (Å²) in [4.78, 5) is 30.3. The maximum Gasteiger partial charge on any atom is 0.338 e. The van der Waals surface area contributed by atoms with E-state index in [-0.39, 0.29) is 18.5 Å². The third-order valence-corrected chi connectivity index (χ3v) is 6.03. The minimum Gasteiger partial charge on any atom is -0.456 e. The van der Waals surface area contributed by atoms with Gasteiger partial charge < -0.3 is 9.64 Å². The van der Waals surface area contributed by atoms with Crippen LogP contribution >= 0.6 is 22.7 Å². The first-order valence-electron chi connectivity index (χ1n) is 8.70. The number of aromatic nitrogens is 1. The Bertz CT molecular complexity index is 933. The van der Waals surface area contributed by atoms with E-state index in [0.717, 1.165) is 34.8 Å². The van der Waals surface area contributed by atoms with Crippen LogP contribution in [0.4, 0.5) is 0 Å². The molecule has 3 heterocycles. The maximum absolute atomic E-state index is 12.3. The van der Waals surface area contributed by atoms with E-state index in [1.165, 1.54) is 0 Å². The van der Waals surface area contributed by atoms with Crippen molar-refractivity contribution < 1.29 is 14.3 Å². The second-order valence-electron chi connectivity index (χ2n) is 6.35. The fourth-order valence-electron chi connectivity index (χ4n) is 2.95. The van der Waals surface area contributed by atoms with Gasteiger partial charge in [0.2, 0.25) is 5.91 Å². The molecule has 7 heteroatoms. The highest BCUT2D eigenvalue weighted by Crippen LogP contribution is 2.26. The Kier molecular flexibility index (Phi) is 5.31. The van der Waals surface area contributed by atoms with E-state index in [1.54, 1.807) is 34.8 Å². The fraction of sp³-hybridized carbons (Fsp3) is 0.250. The molecule has 0 N–H and O–H groups in total. The number of hydrogen-bond acceptors (Lipinski definition) is 6. The summed E-state index contributed by atoms with van der Waals surface area (Å²) in [6.45, 7) is 1.56. The number of benzene rings is 1. The number of thiazole rings is 1. The summed E-state index contributed by atoms with van der Waals surface area (Å²) in [6.07, 6.45) is 1.56. The number of carbonyl (C=O) groups is 2. The van der Waals surface area contributed by atoms with E-state index >= 15 is 0 Å². The summed E-state index contributed by atoms with van der Waals surface area (Å²) in [7, 11) is 0. The number of thiophene rings is 1. The van der Waals surface area contributed by atoms with Crippen LogP contribution in [-0.2, 0) is 22.7 Å². The van der Waals surface area contributed by atoms with Gasteiger partial charge in [0.15, 0.2) is 0 Å². The zero-order valence-corrected chi connectivity index (χ0v) is 16.2. The molecular formula is C20H18N2O3S2. The summed E-state index contributed by atoms with van der Waals surface area (Å²) in [5, 5.41) is 6.91. The molecule has 27 heavy (non-hydrogen) atoms. The van der Waals surface area contributed by atoms with Gasteiger partial charge >= 0.3 is 5.97 Å². The molecule has 1 fully saturated rings. The monoisotopic (exact) mass is 398 g/mol. The standard InChI is InChI=1S/C20H18N2O3S2/c23-18-2-1-8-22(18)10-14-3-5-15(6-4-14)20(24)25-11-17-13-27-19(21-17)16-7-9-26-12-16/h3-7,9,12-13H,1-2,8,10-11H2. The van der Waals surface area contributed by atoms with Crippen molar-refractivity contribution in [1.82, 2.24) is 9.88 Å². The summed E-state index contributed by atoms with van der Waals surface area (Å²) in [6, 6.07) is 9.27. The molecule has 1 aliphatic heterocycles. The SMILES string of the molecule is O=C(OCc1csc(-c2ccsc2)n1)c1ccc(CN2CCCC2=O)cc1. The smallest absolute Gasteiger partial charge is 0.338 e. The number of likely N-dealkylation sites (tertiary alicyclic amines) is 1. The summed E-state index contributed by atoms with van der Waals surface area (Å²) in [5.74, 6) is -0.174. The first-order valence-corrected chi connectivity index (χ1v) is 10.5. The van der Waals surface area contributed by atoms with Gasteiger partial charge in [-0.3, -0.25) is 4.79 Å². The predicted molar refractivity (Wildman–Crippen MR) is 106 cm³/mol. The van der Waals surface area contributed by atoms with E-state index in [0.29, 0.717) is 18.5 Å². The summed E-state index contributed by atoms with van der Waals surface area (Å²) in [5.41, 5.74) is 3.36.